The summed E-state index contributed by atoms with van der Waals surface area (Å²) in [6.45, 7) is 2.17. The summed E-state index contributed by atoms with van der Waals surface area (Å²) in [6, 6.07) is 16.8. The van der Waals surface area contributed by atoms with Gasteiger partial charge in [-0.15, -0.1) is 0 Å². The standard InChI is InChI=1S/C34H26F3N5O4/c1-19(43)41-10-9-24(17-41)42-31-13-21(34(44)45)7-8-30(31)39-32(42)14-23-12-28(37)25(15-27(23)36)29-3-2-4-33(40-29)46-18-22-6-5-20(16-38)11-26(22)35/h2-8,11-13,15,24H,9-10,14,17-18H2,1H3,(H,44,45). The number of ether oxygens (including phenoxy) is 1. The van der Waals surface area contributed by atoms with Gasteiger partial charge in [-0.05, 0) is 60.5 Å². The third-order valence-electron chi connectivity index (χ3n) is 8.03. The molecular formula is C34H26F3N5O4. The predicted octanol–water partition coefficient (Wildman–Crippen LogP) is 6.05. The second-order valence-electron chi connectivity index (χ2n) is 11.0. The maximum Gasteiger partial charge on any atom is 0.335 e. The highest BCUT2D eigenvalue weighted by molar-refractivity contribution is 5.92. The van der Waals surface area contributed by atoms with E-state index in [1.165, 1.54) is 43.3 Å². The molecule has 1 N–H and O–H groups in total. The first-order valence-electron chi connectivity index (χ1n) is 14.4. The van der Waals surface area contributed by atoms with Gasteiger partial charge in [0, 0.05) is 43.6 Å². The van der Waals surface area contributed by atoms with Crippen LogP contribution in [0.1, 0.15) is 52.3 Å². The Bertz CT molecular complexity index is 2060. The fourth-order valence-corrected chi connectivity index (χ4v) is 5.67. The number of hydrogen-bond donors (Lipinski definition) is 1. The van der Waals surface area contributed by atoms with Crippen LogP contribution in [-0.2, 0) is 17.8 Å². The molecule has 1 atom stereocenters. The Morgan fingerprint density at radius 1 is 1.00 bits per heavy atom. The third kappa shape index (κ3) is 5.99. The number of carbonyl (C=O) groups is 2. The topological polar surface area (TPSA) is 121 Å². The number of imidazole rings is 1. The molecule has 1 fully saturated rings. The zero-order chi connectivity index (χ0) is 32.5. The number of fused-ring (bicyclic) bond motifs is 1. The lowest BCUT2D eigenvalue weighted by Crippen LogP contribution is -2.26. The van der Waals surface area contributed by atoms with Crippen LogP contribution >= 0.6 is 0 Å². The number of carboxylic acids is 1. The van der Waals surface area contributed by atoms with Crippen LogP contribution in [0.2, 0.25) is 0 Å². The fourth-order valence-electron chi connectivity index (χ4n) is 5.67. The summed E-state index contributed by atoms with van der Waals surface area (Å²) in [5, 5.41) is 18.5. The quantitative estimate of drug-likeness (QED) is 0.223. The van der Waals surface area contributed by atoms with Gasteiger partial charge in [-0.3, -0.25) is 4.79 Å². The minimum Gasteiger partial charge on any atom is -0.478 e. The van der Waals surface area contributed by atoms with Gasteiger partial charge in [-0.25, -0.2) is 27.9 Å². The van der Waals surface area contributed by atoms with Crippen LogP contribution in [0.25, 0.3) is 22.3 Å². The largest absolute Gasteiger partial charge is 0.478 e. The molecule has 46 heavy (non-hydrogen) atoms. The molecular weight excluding hydrogens is 599 g/mol. The molecule has 6 rings (SSSR count). The Labute approximate surface area is 261 Å². The highest BCUT2D eigenvalue weighted by Gasteiger charge is 2.29. The number of nitriles is 1. The molecule has 1 saturated heterocycles. The predicted molar refractivity (Wildman–Crippen MR) is 160 cm³/mol. The number of amides is 1. The van der Waals surface area contributed by atoms with E-state index >= 15 is 8.78 Å². The van der Waals surface area contributed by atoms with Gasteiger partial charge < -0.3 is 19.3 Å². The van der Waals surface area contributed by atoms with Gasteiger partial charge in [0.1, 0.15) is 29.9 Å². The van der Waals surface area contributed by atoms with Gasteiger partial charge in [0.05, 0.1) is 40.0 Å². The Balaban J connectivity index is 1.29. The van der Waals surface area contributed by atoms with Crippen LogP contribution in [-0.4, -0.2) is 49.5 Å². The van der Waals surface area contributed by atoms with E-state index in [0.29, 0.717) is 36.4 Å². The van der Waals surface area contributed by atoms with E-state index in [1.54, 1.807) is 17.0 Å². The summed E-state index contributed by atoms with van der Waals surface area (Å²) in [6.07, 6.45) is 0.496. The number of pyridine rings is 1. The number of benzene rings is 3. The summed E-state index contributed by atoms with van der Waals surface area (Å²) in [5.41, 5.74) is 1.48. The van der Waals surface area contributed by atoms with Crippen molar-refractivity contribution in [3.63, 3.8) is 0 Å². The Morgan fingerprint density at radius 2 is 1.80 bits per heavy atom. The lowest BCUT2D eigenvalue weighted by Gasteiger charge is -2.18. The molecule has 5 aromatic rings. The molecule has 232 valence electrons. The lowest BCUT2D eigenvalue weighted by atomic mass is 10.0. The molecule has 2 aromatic heterocycles. The lowest BCUT2D eigenvalue weighted by molar-refractivity contribution is -0.127. The number of rotatable bonds is 8. The monoisotopic (exact) mass is 625 g/mol. The van der Waals surface area contributed by atoms with Crippen molar-refractivity contribution >= 4 is 22.9 Å². The van der Waals surface area contributed by atoms with Crippen molar-refractivity contribution < 1.29 is 32.6 Å². The number of aromatic nitrogens is 3. The van der Waals surface area contributed by atoms with E-state index in [1.807, 2.05) is 10.6 Å². The minimum absolute atomic E-state index is 0.0291. The molecule has 1 aliphatic heterocycles. The van der Waals surface area contributed by atoms with Crippen molar-refractivity contribution in [3.8, 4) is 23.2 Å². The molecule has 0 saturated carbocycles. The number of carbonyl (C=O) groups excluding carboxylic acids is 1. The molecule has 0 aliphatic carbocycles. The maximum atomic E-state index is 15.6. The van der Waals surface area contributed by atoms with Gasteiger partial charge >= 0.3 is 5.97 Å². The summed E-state index contributed by atoms with van der Waals surface area (Å²) in [7, 11) is 0. The number of aromatic carboxylic acids is 1. The van der Waals surface area contributed by atoms with E-state index in [0.717, 1.165) is 18.2 Å². The zero-order valence-corrected chi connectivity index (χ0v) is 24.5. The van der Waals surface area contributed by atoms with Crippen LogP contribution in [0, 0.1) is 28.8 Å². The smallest absolute Gasteiger partial charge is 0.335 e. The Morgan fingerprint density at radius 3 is 2.52 bits per heavy atom. The van der Waals surface area contributed by atoms with Crippen molar-refractivity contribution in [1.29, 1.82) is 5.26 Å². The fraction of sp³-hybridized carbons (Fsp3) is 0.206. The molecule has 1 amide bonds. The van der Waals surface area contributed by atoms with Crippen molar-refractivity contribution in [2.75, 3.05) is 13.1 Å². The summed E-state index contributed by atoms with van der Waals surface area (Å²) < 4.78 is 52.9. The average Bonchev–Trinajstić information content (AvgIpc) is 3.66. The SMILES string of the molecule is CC(=O)N1CCC(n2c(Cc3cc(F)c(-c4cccc(OCc5ccc(C#N)cc5F)n4)cc3F)nc3ccc(C(=O)O)cc32)C1. The third-order valence-corrected chi connectivity index (χ3v) is 8.03. The summed E-state index contributed by atoms with van der Waals surface area (Å²) >= 11 is 0. The van der Waals surface area contributed by atoms with E-state index in [9.17, 15) is 19.1 Å². The zero-order valence-electron chi connectivity index (χ0n) is 24.5. The molecule has 0 spiro atoms. The minimum atomic E-state index is -1.11. The number of nitrogens with zero attached hydrogens (tertiary/aromatic N) is 5. The van der Waals surface area contributed by atoms with Crippen LogP contribution in [0.15, 0.2) is 66.7 Å². The molecule has 0 radical (unpaired) electrons. The van der Waals surface area contributed by atoms with E-state index in [2.05, 4.69) is 9.97 Å². The first-order valence-corrected chi connectivity index (χ1v) is 14.4. The maximum absolute atomic E-state index is 15.6. The van der Waals surface area contributed by atoms with E-state index in [4.69, 9.17) is 10.00 Å². The van der Waals surface area contributed by atoms with Crippen LogP contribution in [0.4, 0.5) is 13.2 Å². The Kier molecular flexibility index (Phi) is 8.15. The average molecular weight is 626 g/mol. The van der Waals surface area contributed by atoms with Gasteiger partial charge in [-0.2, -0.15) is 5.26 Å². The van der Waals surface area contributed by atoms with Crippen LogP contribution in [0.3, 0.4) is 0 Å². The van der Waals surface area contributed by atoms with Crippen LogP contribution in [0.5, 0.6) is 5.88 Å². The first-order chi connectivity index (χ1) is 22.1. The van der Waals surface area contributed by atoms with E-state index in [-0.39, 0.29) is 64.4 Å². The van der Waals surface area contributed by atoms with Crippen molar-refractivity contribution in [1.82, 2.24) is 19.4 Å². The molecule has 12 heteroatoms. The summed E-state index contributed by atoms with van der Waals surface area (Å²) in [4.78, 5) is 34.3. The molecule has 1 unspecified atom stereocenters. The molecule has 0 bridgehead atoms. The Hall–Kier alpha value is -5.70. The second kappa shape index (κ2) is 12.4. The van der Waals surface area contributed by atoms with Crippen LogP contribution < -0.4 is 4.74 Å². The highest BCUT2D eigenvalue weighted by Crippen LogP contribution is 2.32. The first kappa shape index (κ1) is 30.3. The molecule has 1 aliphatic rings. The second-order valence-corrected chi connectivity index (χ2v) is 11.0. The van der Waals surface area contributed by atoms with E-state index < -0.39 is 23.4 Å². The summed E-state index contributed by atoms with van der Waals surface area (Å²) in [5.74, 6) is -2.78. The number of carboxylic acid groups (broad SMARTS) is 1. The van der Waals surface area contributed by atoms with Gasteiger partial charge in [0.25, 0.3) is 0 Å². The number of likely N-dealkylation sites (tertiary alicyclic amines) is 1. The van der Waals surface area contributed by atoms with Crippen molar-refractivity contribution in [2.24, 2.45) is 0 Å². The normalized spacial score (nSPS) is 14.4. The van der Waals surface area contributed by atoms with Gasteiger partial charge in [0.15, 0.2) is 0 Å². The number of halogens is 3. The molecule has 3 heterocycles. The molecule has 9 nitrogen and oxygen atoms in total. The number of hydrogen-bond acceptors (Lipinski definition) is 6. The van der Waals surface area contributed by atoms with Crippen molar-refractivity contribution in [2.45, 2.75) is 32.4 Å². The van der Waals surface area contributed by atoms with Gasteiger partial charge in [-0.1, -0.05) is 12.1 Å². The molecule has 3 aromatic carbocycles. The van der Waals surface area contributed by atoms with Gasteiger partial charge in [0.2, 0.25) is 11.8 Å². The van der Waals surface area contributed by atoms with Crippen molar-refractivity contribution in [3.05, 3.63) is 112 Å². The highest BCUT2D eigenvalue weighted by atomic mass is 19.1.